The Kier molecular flexibility index (Phi) is 10.3. The summed E-state index contributed by atoms with van der Waals surface area (Å²) in [6.45, 7) is 8.07. The summed E-state index contributed by atoms with van der Waals surface area (Å²) in [5.74, 6) is -0.661. The molecule has 0 bridgehead atoms. The number of esters is 2. The zero-order chi connectivity index (χ0) is 33.1. The van der Waals surface area contributed by atoms with Crippen molar-refractivity contribution in [2.45, 2.75) is 90.6 Å². The number of hydrogen-bond acceptors (Lipinski definition) is 9. The number of piperidine rings is 1. The lowest BCUT2D eigenvalue weighted by Crippen LogP contribution is -2.46. The first-order valence-corrected chi connectivity index (χ1v) is 17.6. The maximum atomic E-state index is 13.8. The second-order valence-corrected chi connectivity index (χ2v) is 14.5. The smallest absolute Gasteiger partial charge is 0.341 e. The van der Waals surface area contributed by atoms with Crippen molar-refractivity contribution in [1.82, 2.24) is 19.9 Å². The Morgan fingerprint density at radius 1 is 1.00 bits per heavy atom. The van der Waals surface area contributed by atoms with Crippen LogP contribution in [0.4, 0.5) is 0 Å². The molecule has 10 nitrogen and oxygen atoms in total. The number of thiophene rings is 1. The Morgan fingerprint density at radius 3 is 2.47 bits per heavy atom. The highest BCUT2D eigenvalue weighted by Gasteiger charge is 2.27. The molecule has 47 heavy (non-hydrogen) atoms. The number of halogens is 1. The summed E-state index contributed by atoms with van der Waals surface area (Å²) in [7, 11) is 0. The van der Waals surface area contributed by atoms with Crippen LogP contribution in [0.5, 0.6) is 0 Å². The first-order valence-electron chi connectivity index (χ1n) is 16.5. The Hall–Kier alpha value is -3.67. The molecular formula is C35H41ClN4O6S. The van der Waals surface area contributed by atoms with E-state index in [1.165, 1.54) is 11.3 Å². The first-order chi connectivity index (χ1) is 22.6. The number of nitrogens with one attached hydrogen (secondary N) is 1. The monoisotopic (exact) mass is 680 g/mol. The lowest BCUT2D eigenvalue weighted by Gasteiger charge is -2.34. The van der Waals surface area contributed by atoms with Gasteiger partial charge in [0.05, 0.1) is 27.2 Å². The zero-order valence-electron chi connectivity index (χ0n) is 27.0. The number of ether oxygens (including phenoxy) is 2. The molecule has 12 heteroatoms. The topological polar surface area (TPSA) is 116 Å². The third-order valence-corrected chi connectivity index (χ3v) is 10.4. The Labute approximate surface area is 283 Å². The maximum absolute atomic E-state index is 13.8. The largest absolute Gasteiger partial charge is 0.425 e. The fourth-order valence-corrected chi connectivity index (χ4v) is 7.52. The van der Waals surface area contributed by atoms with Crippen LogP contribution in [-0.4, -0.2) is 63.9 Å². The van der Waals surface area contributed by atoms with E-state index in [2.05, 4.69) is 29.2 Å². The molecule has 3 aromatic heterocycles. The van der Waals surface area contributed by atoms with E-state index in [4.69, 9.17) is 25.6 Å². The highest BCUT2D eigenvalue weighted by molar-refractivity contribution is 7.19. The van der Waals surface area contributed by atoms with Crippen molar-refractivity contribution in [3.63, 3.8) is 0 Å². The van der Waals surface area contributed by atoms with E-state index in [9.17, 15) is 14.4 Å². The number of aromatic nitrogens is 2. The van der Waals surface area contributed by atoms with Crippen LogP contribution in [0, 0.1) is 5.92 Å². The standard InChI is InChI=1S/C35H41ClN4O6S/c1-21(2)39-15-13-26(14-16-39)37-33(41)29-18-25-17-24(35(43)45-22(3)44-34(42)23-7-5-4-6-8-23)9-10-28(25)40(29)20-27-19-30(46-38-27)31-11-12-32(36)47-31/h9-12,17-19,21-23,26H,4-8,13-16,20H2,1-3H3,(H,37,41). The van der Waals surface area contributed by atoms with E-state index in [-0.39, 0.29) is 30.4 Å². The number of amides is 1. The molecule has 1 atom stereocenters. The third-order valence-electron chi connectivity index (χ3n) is 9.15. The number of likely N-dealkylation sites (tertiary alicyclic amines) is 1. The van der Waals surface area contributed by atoms with Crippen molar-refractivity contribution in [2.75, 3.05) is 13.1 Å². The van der Waals surface area contributed by atoms with Crippen molar-refractivity contribution in [3.8, 4) is 10.6 Å². The second kappa shape index (κ2) is 14.6. The predicted octanol–water partition coefficient (Wildman–Crippen LogP) is 7.29. The fourth-order valence-electron chi connectivity index (χ4n) is 6.53. The van der Waals surface area contributed by atoms with Crippen LogP contribution in [-0.2, 0) is 20.8 Å². The molecule has 2 aliphatic rings. The molecule has 0 spiro atoms. The highest BCUT2D eigenvalue weighted by atomic mass is 35.5. The molecule has 1 N–H and O–H groups in total. The number of carbonyl (C=O) groups excluding carboxylic acids is 3. The molecule has 1 aliphatic heterocycles. The number of carbonyl (C=O) groups is 3. The quantitative estimate of drug-likeness (QED) is 0.137. The lowest BCUT2D eigenvalue weighted by molar-refractivity contribution is -0.171. The molecule has 1 amide bonds. The molecular weight excluding hydrogens is 640 g/mol. The van der Waals surface area contributed by atoms with Gasteiger partial charge in [-0.05, 0) is 75.9 Å². The third kappa shape index (κ3) is 7.90. The van der Waals surface area contributed by atoms with Gasteiger partial charge in [0.1, 0.15) is 11.4 Å². The van der Waals surface area contributed by atoms with E-state index in [1.54, 1.807) is 37.3 Å². The molecule has 1 aliphatic carbocycles. The van der Waals surface area contributed by atoms with Crippen molar-refractivity contribution in [3.05, 3.63) is 63.8 Å². The number of fused-ring (bicyclic) bond motifs is 1. The summed E-state index contributed by atoms with van der Waals surface area (Å²) in [4.78, 5) is 42.7. The van der Waals surface area contributed by atoms with Gasteiger partial charge in [-0.3, -0.25) is 9.59 Å². The number of nitrogens with zero attached hydrogens (tertiary/aromatic N) is 3. The summed E-state index contributed by atoms with van der Waals surface area (Å²) in [5.41, 5.74) is 2.14. The SMILES string of the molecule is CC(OC(=O)c1ccc2c(c1)cc(C(=O)NC1CCN(C(C)C)CC1)n2Cc1cc(-c2ccc(Cl)s2)on1)OC(=O)C1CCCCC1. The summed E-state index contributed by atoms with van der Waals surface area (Å²) in [6.07, 6.45) is 5.48. The van der Waals surface area contributed by atoms with Gasteiger partial charge in [0.25, 0.3) is 5.91 Å². The Balaban J connectivity index is 1.22. The van der Waals surface area contributed by atoms with Crippen molar-refractivity contribution in [1.29, 1.82) is 0 Å². The Bertz CT molecular complexity index is 1730. The molecule has 1 unspecified atom stereocenters. The van der Waals surface area contributed by atoms with Gasteiger partial charge >= 0.3 is 11.9 Å². The van der Waals surface area contributed by atoms with Crippen molar-refractivity contribution >= 4 is 51.7 Å². The van der Waals surface area contributed by atoms with E-state index < -0.39 is 12.3 Å². The van der Waals surface area contributed by atoms with Crippen LogP contribution >= 0.6 is 22.9 Å². The summed E-state index contributed by atoms with van der Waals surface area (Å²) < 4.78 is 19.1. The van der Waals surface area contributed by atoms with E-state index in [0.717, 1.165) is 68.4 Å². The summed E-state index contributed by atoms with van der Waals surface area (Å²) in [6, 6.07) is 13.0. The second-order valence-electron chi connectivity index (χ2n) is 12.8. The van der Waals surface area contributed by atoms with Gasteiger partial charge in [-0.25, -0.2) is 4.79 Å². The Morgan fingerprint density at radius 2 is 1.77 bits per heavy atom. The van der Waals surface area contributed by atoms with Crippen LogP contribution < -0.4 is 5.32 Å². The molecule has 1 saturated carbocycles. The molecule has 250 valence electrons. The van der Waals surface area contributed by atoms with Gasteiger partial charge in [0.2, 0.25) is 6.29 Å². The zero-order valence-corrected chi connectivity index (χ0v) is 28.6. The minimum atomic E-state index is -1.01. The van der Waals surface area contributed by atoms with Gasteiger partial charge in [-0.1, -0.05) is 36.0 Å². The molecule has 6 rings (SSSR count). The summed E-state index contributed by atoms with van der Waals surface area (Å²) >= 11 is 7.52. The lowest BCUT2D eigenvalue weighted by atomic mass is 9.89. The van der Waals surface area contributed by atoms with E-state index in [0.29, 0.717) is 38.5 Å². The number of hydrogen-bond donors (Lipinski definition) is 1. The average molecular weight is 681 g/mol. The van der Waals surface area contributed by atoms with E-state index in [1.807, 2.05) is 16.7 Å². The fraction of sp³-hybridized carbons (Fsp3) is 0.486. The van der Waals surface area contributed by atoms with Crippen LogP contribution in [0.15, 0.2) is 47.0 Å². The molecule has 1 saturated heterocycles. The average Bonchev–Trinajstić information content (AvgIpc) is 3.80. The van der Waals surface area contributed by atoms with Gasteiger partial charge < -0.3 is 28.8 Å². The molecule has 2 fully saturated rings. The van der Waals surface area contributed by atoms with Crippen LogP contribution in [0.25, 0.3) is 21.5 Å². The molecule has 4 aromatic rings. The number of benzene rings is 1. The normalized spacial score (nSPS) is 17.2. The van der Waals surface area contributed by atoms with Crippen LogP contribution in [0.3, 0.4) is 0 Å². The van der Waals surface area contributed by atoms with Crippen molar-refractivity contribution < 1.29 is 28.4 Å². The van der Waals surface area contributed by atoms with Crippen LogP contribution in [0.1, 0.15) is 92.3 Å². The maximum Gasteiger partial charge on any atom is 0.341 e. The van der Waals surface area contributed by atoms with Gasteiger partial charge in [-0.15, -0.1) is 11.3 Å². The van der Waals surface area contributed by atoms with E-state index >= 15 is 0 Å². The summed E-state index contributed by atoms with van der Waals surface area (Å²) in [5, 5.41) is 8.21. The minimum absolute atomic E-state index is 0.0644. The number of rotatable bonds is 10. The van der Waals surface area contributed by atoms with Gasteiger partial charge in [-0.2, -0.15) is 0 Å². The predicted molar refractivity (Wildman–Crippen MR) is 181 cm³/mol. The molecule has 4 heterocycles. The van der Waals surface area contributed by atoms with Gasteiger partial charge in [0.15, 0.2) is 5.76 Å². The minimum Gasteiger partial charge on any atom is -0.425 e. The molecule has 0 radical (unpaired) electrons. The van der Waals surface area contributed by atoms with Crippen molar-refractivity contribution in [2.24, 2.45) is 5.92 Å². The first kappa shape index (κ1) is 33.2. The molecule has 1 aromatic carbocycles. The van der Waals surface area contributed by atoms with Crippen LogP contribution in [0.2, 0.25) is 4.34 Å². The van der Waals surface area contributed by atoms with Gasteiger partial charge in [0, 0.05) is 49.1 Å². The highest BCUT2D eigenvalue weighted by Crippen LogP contribution is 2.32.